The smallest absolute Gasteiger partial charge is 0.271 e. The lowest BCUT2D eigenvalue weighted by molar-refractivity contribution is -0.114. The lowest BCUT2D eigenvalue weighted by Crippen LogP contribution is -2.39. The minimum Gasteiger partial charge on any atom is -0.496 e. The lowest BCUT2D eigenvalue weighted by atomic mass is 9.89. The van der Waals surface area contributed by atoms with Gasteiger partial charge in [-0.2, -0.15) is 0 Å². The highest BCUT2D eigenvalue weighted by Gasteiger charge is 2.33. The Bertz CT molecular complexity index is 1760. The number of methoxy groups -OCH3 is 3. The number of Topliss-reactive ketones (excluding diaryl/α,β-unsaturated/α-hetero) is 1. The van der Waals surface area contributed by atoms with Crippen molar-refractivity contribution in [1.82, 2.24) is 4.57 Å². The first-order valence-electron chi connectivity index (χ1n) is 11.7. The molecule has 3 aromatic carbocycles. The zero-order valence-corrected chi connectivity index (χ0v) is 22.0. The van der Waals surface area contributed by atoms with Gasteiger partial charge in [0, 0.05) is 16.8 Å². The zero-order valence-electron chi connectivity index (χ0n) is 21.2. The molecule has 1 atom stereocenters. The van der Waals surface area contributed by atoms with Crippen LogP contribution in [0.5, 0.6) is 17.2 Å². The summed E-state index contributed by atoms with van der Waals surface area (Å²) in [5, 5.41) is 1.90. The first-order chi connectivity index (χ1) is 17.9. The molecule has 7 nitrogen and oxygen atoms in total. The predicted octanol–water partition coefficient (Wildman–Crippen LogP) is 4.00. The second-order valence-corrected chi connectivity index (χ2v) is 9.66. The Kier molecular flexibility index (Phi) is 6.43. The molecule has 0 saturated carbocycles. The van der Waals surface area contributed by atoms with E-state index in [4.69, 9.17) is 14.2 Å². The van der Waals surface area contributed by atoms with Gasteiger partial charge in [-0.25, -0.2) is 4.99 Å². The Balaban J connectivity index is 1.81. The van der Waals surface area contributed by atoms with Crippen LogP contribution in [0.4, 0.5) is 0 Å². The average molecular weight is 515 g/mol. The van der Waals surface area contributed by atoms with Crippen LogP contribution in [0.25, 0.3) is 16.8 Å². The standard InChI is InChI=1S/C29H26N2O5S/c1-16-25(17(2)32)27(26-20-9-7-6-8-19(20)11-13-22(26)35-4)31-28(33)24(37-29(31)30-16)15-18-10-12-21(34-3)23(14-18)36-5/h6-15,27H,1-5H3/t27-/m1/s1. The molecule has 4 aromatic rings. The number of nitrogens with zero attached hydrogens (tertiary/aromatic N) is 2. The maximum Gasteiger partial charge on any atom is 0.271 e. The summed E-state index contributed by atoms with van der Waals surface area (Å²) in [5.74, 6) is 1.63. The van der Waals surface area contributed by atoms with E-state index < -0.39 is 6.04 Å². The van der Waals surface area contributed by atoms with Crippen molar-refractivity contribution < 1.29 is 19.0 Å². The number of ketones is 1. The second kappa shape index (κ2) is 9.71. The van der Waals surface area contributed by atoms with Crippen LogP contribution in [-0.2, 0) is 4.79 Å². The SMILES string of the molecule is COc1ccc(C=c2sc3n(c2=O)[C@@H](c2c(OC)ccc4ccccc24)C(C(C)=O)=C(C)N=3)cc1OC. The van der Waals surface area contributed by atoms with Gasteiger partial charge < -0.3 is 14.2 Å². The number of ether oxygens (including phenoxy) is 3. The first-order valence-corrected chi connectivity index (χ1v) is 12.5. The fourth-order valence-corrected chi connectivity index (χ4v) is 5.92. The third-order valence-electron chi connectivity index (χ3n) is 6.53. The van der Waals surface area contributed by atoms with E-state index >= 15 is 0 Å². The normalized spacial score (nSPS) is 15.4. The number of carbonyl (C=O) groups is 1. The molecular formula is C29H26N2O5S. The topological polar surface area (TPSA) is 79.1 Å². The Morgan fingerprint density at radius 1 is 0.973 bits per heavy atom. The number of hydrogen-bond donors (Lipinski definition) is 0. The van der Waals surface area contributed by atoms with Crippen molar-refractivity contribution in [2.45, 2.75) is 19.9 Å². The summed E-state index contributed by atoms with van der Waals surface area (Å²) >= 11 is 1.28. The van der Waals surface area contributed by atoms with Crippen LogP contribution in [0.2, 0.25) is 0 Å². The van der Waals surface area contributed by atoms with Crippen molar-refractivity contribution in [3.63, 3.8) is 0 Å². The van der Waals surface area contributed by atoms with Gasteiger partial charge in [0.2, 0.25) is 0 Å². The van der Waals surface area contributed by atoms with Gasteiger partial charge in [-0.3, -0.25) is 14.2 Å². The number of benzene rings is 3. The van der Waals surface area contributed by atoms with Gasteiger partial charge in [-0.05, 0) is 54.5 Å². The van der Waals surface area contributed by atoms with Gasteiger partial charge in [0.05, 0.1) is 31.9 Å². The summed E-state index contributed by atoms with van der Waals surface area (Å²) in [6, 6.07) is 16.5. The Morgan fingerprint density at radius 3 is 2.38 bits per heavy atom. The highest BCUT2D eigenvalue weighted by atomic mass is 32.1. The summed E-state index contributed by atoms with van der Waals surface area (Å²) in [4.78, 5) is 32.1. The van der Waals surface area contributed by atoms with Crippen LogP contribution in [0.3, 0.4) is 0 Å². The lowest BCUT2D eigenvalue weighted by Gasteiger charge is -2.27. The third-order valence-corrected chi connectivity index (χ3v) is 7.51. The maximum absolute atomic E-state index is 13.9. The minimum absolute atomic E-state index is 0.143. The molecule has 0 spiro atoms. The van der Waals surface area contributed by atoms with E-state index in [9.17, 15) is 9.59 Å². The number of fused-ring (bicyclic) bond motifs is 2. The molecule has 0 unspecified atom stereocenters. The number of carbonyl (C=O) groups excluding carboxylic acids is 1. The molecule has 0 saturated heterocycles. The van der Waals surface area contributed by atoms with E-state index in [2.05, 4.69) is 4.99 Å². The van der Waals surface area contributed by atoms with Crippen LogP contribution >= 0.6 is 11.3 Å². The van der Waals surface area contributed by atoms with Crippen LogP contribution in [0.15, 0.2) is 75.7 Å². The summed E-state index contributed by atoms with van der Waals surface area (Å²) < 4.78 is 18.6. The largest absolute Gasteiger partial charge is 0.496 e. The quantitative estimate of drug-likeness (QED) is 0.389. The van der Waals surface area contributed by atoms with Gasteiger partial charge in [0.1, 0.15) is 5.75 Å². The van der Waals surface area contributed by atoms with E-state index in [1.54, 1.807) is 38.0 Å². The molecular weight excluding hydrogens is 488 g/mol. The zero-order chi connectivity index (χ0) is 26.3. The fourth-order valence-electron chi connectivity index (χ4n) is 4.87. The molecule has 1 aromatic heterocycles. The van der Waals surface area contributed by atoms with Gasteiger partial charge >= 0.3 is 0 Å². The van der Waals surface area contributed by atoms with Gasteiger partial charge in [-0.1, -0.05) is 47.7 Å². The van der Waals surface area contributed by atoms with Crippen molar-refractivity contribution in [1.29, 1.82) is 0 Å². The second-order valence-electron chi connectivity index (χ2n) is 8.66. The molecule has 37 heavy (non-hydrogen) atoms. The summed E-state index contributed by atoms with van der Waals surface area (Å²) in [5.41, 5.74) is 2.37. The summed E-state index contributed by atoms with van der Waals surface area (Å²) in [6.45, 7) is 3.32. The summed E-state index contributed by atoms with van der Waals surface area (Å²) in [7, 11) is 4.74. The predicted molar refractivity (Wildman–Crippen MR) is 144 cm³/mol. The molecule has 188 valence electrons. The fraction of sp³-hybridized carbons (Fsp3) is 0.207. The number of thiazole rings is 1. The molecule has 0 N–H and O–H groups in total. The first kappa shape index (κ1) is 24.5. The number of aromatic nitrogens is 1. The molecule has 1 aliphatic heterocycles. The van der Waals surface area contributed by atoms with E-state index in [0.717, 1.165) is 21.9 Å². The van der Waals surface area contributed by atoms with Crippen molar-refractivity contribution in [2.75, 3.05) is 21.3 Å². The van der Waals surface area contributed by atoms with Crippen LogP contribution in [-0.4, -0.2) is 31.7 Å². The summed E-state index contributed by atoms with van der Waals surface area (Å²) in [6.07, 6.45) is 1.80. The molecule has 0 amide bonds. The van der Waals surface area contributed by atoms with Crippen LogP contribution in [0.1, 0.15) is 31.0 Å². The Morgan fingerprint density at radius 2 is 1.68 bits per heavy atom. The number of allylic oxidation sites excluding steroid dienone is 2. The van der Waals surface area contributed by atoms with Crippen LogP contribution in [0, 0.1) is 0 Å². The molecule has 8 heteroatoms. The monoisotopic (exact) mass is 514 g/mol. The number of hydrogen-bond acceptors (Lipinski definition) is 7. The van der Waals surface area contributed by atoms with E-state index in [1.165, 1.54) is 18.3 Å². The molecule has 0 bridgehead atoms. The molecule has 2 heterocycles. The molecule has 0 aliphatic carbocycles. The number of rotatable bonds is 6. The van der Waals surface area contributed by atoms with Crippen molar-refractivity contribution in [3.8, 4) is 17.2 Å². The van der Waals surface area contributed by atoms with Gasteiger partial charge in [0.25, 0.3) is 5.56 Å². The van der Waals surface area contributed by atoms with Gasteiger partial charge in [0.15, 0.2) is 22.1 Å². The minimum atomic E-state index is -0.678. The van der Waals surface area contributed by atoms with E-state index in [1.807, 2.05) is 55.5 Å². The Labute approximate surface area is 217 Å². The molecule has 0 radical (unpaired) electrons. The van der Waals surface area contributed by atoms with Crippen molar-refractivity contribution >= 4 is 34.0 Å². The van der Waals surface area contributed by atoms with Gasteiger partial charge in [-0.15, -0.1) is 0 Å². The van der Waals surface area contributed by atoms with Crippen molar-refractivity contribution in [3.05, 3.63) is 96.7 Å². The molecule has 1 aliphatic rings. The van der Waals surface area contributed by atoms with Crippen molar-refractivity contribution in [2.24, 2.45) is 4.99 Å². The molecule has 5 rings (SSSR count). The van der Waals surface area contributed by atoms with Crippen LogP contribution < -0.4 is 29.1 Å². The Hall–Kier alpha value is -4.17. The van der Waals surface area contributed by atoms with E-state index in [0.29, 0.717) is 37.9 Å². The highest BCUT2D eigenvalue weighted by Crippen LogP contribution is 2.40. The average Bonchev–Trinajstić information content (AvgIpc) is 3.20. The molecule has 0 fully saturated rings. The van der Waals surface area contributed by atoms with E-state index in [-0.39, 0.29) is 11.3 Å². The highest BCUT2D eigenvalue weighted by molar-refractivity contribution is 7.07. The maximum atomic E-state index is 13.9. The third kappa shape index (κ3) is 4.13.